The highest BCUT2D eigenvalue weighted by atomic mass is 32.2. The maximum atomic E-state index is 12.5. The van der Waals surface area contributed by atoms with Crippen LogP contribution in [0.3, 0.4) is 0 Å². The van der Waals surface area contributed by atoms with Crippen molar-refractivity contribution in [2.24, 2.45) is 5.14 Å². The summed E-state index contributed by atoms with van der Waals surface area (Å²) in [5.41, 5.74) is 2.32. The Labute approximate surface area is 164 Å². The first-order chi connectivity index (χ1) is 12.7. The fourth-order valence-corrected chi connectivity index (χ4v) is 4.21. The lowest BCUT2D eigenvalue weighted by molar-refractivity contribution is -0.127. The zero-order valence-electron chi connectivity index (χ0n) is 15.9. The summed E-state index contributed by atoms with van der Waals surface area (Å²) in [5, 5.41) is 5.91. The summed E-state index contributed by atoms with van der Waals surface area (Å²) in [6.07, 6.45) is 0.890. The zero-order valence-corrected chi connectivity index (χ0v) is 17.6. The molecule has 2 aromatic rings. The number of benzene rings is 1. The summed E-state index contributed by atoms with van der Waals surface area (Å²) < 4.78 is 25.2. The number of nitrogens with two attached hydrogens (primary N) is 1. The largest absolute Gasteiger partial charge is 0.338 e. The summed E-state index contributed by atoms with van der Waals surface area (Å²) >= 11 is 1.36. The van der Waals surface area contributed by atoms with E-state index in [4.69, 9.17) is 5.14 Å². The van der Waals surface area contributed by atoms with Gasteiger partial charge in [0.1, 0.15) is 0 Å². The second kappa shape index (κ2) is 8.90. The van der Waals surface area contributed by atoms with Crippen LogP contribution >= 0.6 is 11.8 Å². The van der Waals surface area contributed by atoms with Crippen LogP contribution in [-0.4, -0.2) is 47.6 Å². The molecule has 1 heterocycles. The van der Waals surface area contributed by atoms with E-state index in [0.717, 1.165) is 24.1 Å². The average molecular weight is 411 g/mol. The number of aryl methyl sites for hydroxylation is 1. The van der Waals surface area contributed by atoms with Gasteiger partial charge in [0.25, 0.3) is 0 Å². The third-order valence-electron chi connectivity index (χ3n) is 3.98. The number of fused-ring (bicyclic) bond motifs is 1. The van der Waals surface area contributed by atoms with Gasteiger partial charge in [0.2, 0.25) is 15.9 Å². The highest BCUT2D eigenvalue weighted by Gasteiger charge is 2.17. The van der Waals surface area contributed by atoms with Gasteiger partial charge in [-0.3, -0.25) is 4.79 Å². The van der Waals surface area contributed by atoms with E-state index in [1.54, 1.807) is 11.0 Å². The molecule has 0 radical (unpaired) electrons. The minimum Gasteiger partial charge on any atom is -0.338 e. The first-order valence-electron chi connectivity index (χ1n) is 8.75. The predicted molar refractivity (Wildman–Crippen MR) is 109 cm³/mol. The number of imidazole rings is 1. The number of primary sulfonamides is 1. The number of amides is 1. The Bertz CT molecular complexity index is 951. The van der Waals surface area contributed by atoms with Gasteiger partial charge in [-0.1, -0.05) is 30.8 Å². The minimum absolute atomic E-state index is 0.0193. The van der Waals surface area contributed by atoms with Crippen molar-refractivity contribution in [3.8, 4) is 0 Å². The molecule has 0 aliphatic heterocycles. The van der Waals surface area contributed by atoms with Gasteiger partial charge >= 0.3 is 0 Å². The average Bonchev–Trinajstić information content (AvgIpc) is 2.94. The monoisotopic (exact) mass is 410 g/mol. The van der Waals surface area contributed by atoms with Crippen LogP contribution < -0.4 is 5.14 Å². The zero-order chi connectivity index (χ0) is 20.2. The van der Waals surface area contributed by atoms with Crippen LogP contribution in [-0.2, 0) is 21.4 Å². The van der Waals surface area contributed by atoms with Crippen molar-refractivity contribution >= 4 is 38.7 Å². The molecule has 1 aromatic heterocycles. The Morgan fingerprint density at radius 1 is 1.37 bits per heavy atom. The van der Waals surface area contributed by atoms with Crippen LogP contribution in [0.2, 0.25) is 0 Å². The van der Waals surface area contributed by atoms with Gasteiger partial charge in [-0.25, -0.2) is 18.5 Å². The summed E-state index contributed by atoms with van der Waals surface area (Å²) in [6.45, 7) is 11.6. The fraction of sp³-hybridized carbons (Fsp3) is 0.444. The van der Waals surface area contributed by atoms with Gasteiger partial charge < -0.3 is 9.47 Å². The van der Waals surface area contributed by atoms with E-state index in [2.05, 4.69) is 18.5 Å². The van der Waals surface area contributed by atoms with Crippen molar-refractivity contribution in [3.05, 3.63) is 30.4 Å². The van der Waals surface area contributed by atoms with Crippen LogP contribution in [0.5, 0.6) is 0 Å². The Kier molecular flexibility index (Phi) is 7.07. The fourth-order valence-electron chi connectivity index (χ4n) is 2.73. The SMILES string of the molecule is C=C(C)CN(CC)C(=O)CSc1nc2cc(S(N)(=O)=O)ccc2n1CCC. The molecule has 0 fully saturated rings. The molecule has 2 rings (SSSR count). The van der Waals surface area contributed by atoms with Crippen LogP contribution in [0.1, 0.15) is 27.2 Å². The van der Waals surface area contributed by atoms with E-state index in [0.29, 0.717) is 23.8 Å². The molecular formula is C18H26N4O3S2. The lowest BCUT2D eigenvalue weighted by Gasteiger charge is -2.20. The lowest BCUT2D eigenvalue weighted by atomic mass is 10.3. The number of sulfonamides is 1. The maximum Gasteiger partial charge on any atom is 0.238 e. The van der Waals surface area contributed by atoms with Gasteiger partial charge in [-0.05, 0) is 38.5 Å². The molecule has 7 nitrogen and oxygen atoms in total. The molecule has 0 bridgehead atoms. The number of thioether (sulfide) groups is 1. The maximum absolute atomic E-state index is 12.5. The Hall–Kier alpha value is -1.84. The Morgan fingerprint density at radius 3 is 2.63 bits per heavy atom. The van der Waals surface area contributed by atoms with E-state index in [1.165, 1.54) is 23.9 Å². The normalized spacial score (nSPS) is 11.7. The van der Waals surface area contributed by atoms with Gasteiger partial charge in [-0.15, -0.1) is 0 Å². The summed E-state index contributed by atoms with van der Waals surface area (Å²) in [5.74, 6) is 0.279. The standard InChI is InChI=1S/C18H26N4O3S2/c1-5-9-22-16-8-7-14(27(19,24)25)10-15(16)20-18(22)26-12-17(23)21(6-2)11-13(3)4/h7-8,10H,3,5-6,9,11-12H2,1-2,4H3,(H2,19,24,25). The highest BCUT2D eigenvalue weighted by molar-refractivity contribution is 7.99. The molecule has 0 atom stereocenters. The smallest absolute Gasteiger partial charge is 0.238 e. The van der Waals surface area contributed by atoms with Crippen molar-refractivity contribution in [3.63, 3.8) is 0 Å². The molecule has 9 heteroatoms. The van der Waals surface area contributed by atoms with E-state index >= 15 is 0 Å². The van der Waals surface area contributed by atoms with Crippen LogP contribution in [0, 0.1) is 0 Å². The predicted octanol–water partition coefficient (Wildman–Crippen LogP) is 2.61. The van der Waals surface area contributed by atoms with Crippen molar-refractivity contribution in [2.45, 2.75) is 43.8 Å². The third-order valence-corrected chi connectivity index (χ3v) is 5.85. The number of rotatable bonds is 9. The molecule has 27 heavy (non-hydrogen) atoms. The van der Waals surface area contributed by atoms with Crippen molar-refractivity contribution < 1.29 is 13.2 Å². The quantitative estimate of drug-likeness (QED) is 0.506. The van der Waals surface area contributed by atoms with Gasteiger partial charge in [0.05, 0.1) is 21.7 Å². The Balaban J connectivity index is 2.29. The topological polar surface area (TPSA) is 98.3 Å². The minimum atomic E-state index is -3.79. The van der Waals surface area contributed by atoms with E-state index < -0.39 is 10.0 Å². The van der Waals surface area contributed by atoms with E-state index in [-0.39, 0.29) is 16.6 Å². The van der Waals surface area contributed by atoms with E-state index in [1.807, 2.05) is 18.4 Å². The van der Waals surface area contributed by atoms with Crippen molar-refractivity contribution in [1.29, 1.82) is 0 Å². The third kappa shape index (κ3) is 5.33. The second-order valence-electron chi connectivity index (χ2n) is 6.40. The molecule has 0 saturated heterocycles. The van der Waals surface area contributed by atoms with Gasteiger partial charge in [-0.2, -0.15) is 0 Å². The highest BCUT2D eigenvalue weighted by Crippen LogP contribution is 2.26. The first-order valence-corrected chi connectivity index (χ1v) is 11.3. The van der Waals surface area contributed by atoms with Crippen molar-refractivity contribution in [2.75, 3.05) is 18.8 Å². The van der Waals surface area contributed by atoms with Crippen LogP contribution in [0.25, 0.3) is 11.0 Å². The summed E-state index contributed by atoms with van der Waals surface area (Å²) in [6, 6.07) is 4.67. The molecule has 0 saturated carbocycles. The second-order valence-corrected chi connectivity index (χ2v) is 8.90. The van der Waals surface area contributed by atoms with Gasteiger partial charge in [0.15, 0.2) is 5.16 Å². The molecule has 0 unspecified atom stereocenters. The number of aromatic nitrogens is 2. The summed E-state index contributed by atoms with van der Waals surface area (Å²) in [7, 11) is -3.79. The molecule has 0 aliphatic rings. The van der Waals surface area contributed by atoms with Crippen molar-refractivity contribution in [1.82, 2.24) is 14.5 Å². The van der Waals surface area contributed by atoms with Crippen LogP contribution in [0.15, 0.2) is 40.4 Å². The molecule has 148 valence electrons. The molecule has 1 aromatic carbocycles. The lowest BCUT2D eigenvalue weighted by Crippen LogP contribution is -2.33. The summed E-state index contributed by atoms with van der Waals surface area (Å²) in [4.78, 5) is 18.8. The number of carbonyl (C=O) groups excluding carboxylic acids is 1. The molecular weight excluding hydrogens is 384 g/mol. The van der Waals surface area contributed by atoms with Gasteiger partial charge in [0, 0.05) is 19.6 Å². The number of hydrogen-bond donors (Lipinski definition) is 1. The Morgan fingerprint density at radius 2 is 2.07 bits per heavy atom. The molecule has 1 amide bonds. The molecule has 0 spiro atoms. The number of carbonyl (C=O) groups is 1. The first kappa shape index (κ1) is 21.5. The molecule has 0 aliphatic carbocycles. The number of likely N-dealkylation sites (N-methyl/N-ethyl adjacent to an activating group) is 1. The van der Waals surface area contributed by atoms with E-state index in [9.17, 15) is 13.2 Å². The van der Waals surface area contributed by atoms with Crippen LogP contribution in [0.4, 0.5) is 0 Å². The number of nitrogens with zero attached hydrogens (tertiary/aromatic N) is 3. The molecule has 2 N–H and O–H groups in total. The number of hydrogen-bond acceptors (Lipinski definition) is 5.